The molecule has 0 unspecified atom stereocenters. The van der Waals surface area contributed by atoms with Gasteiger partial charge in [0.2, 0.25) is 0 Å². The van der Waals surface area contributed by atoms with Gasteiger partial charge in [0.1, 0.15) is 5.82 Å². The summed E-state index contributed by atoms with van der Waals surface area (Å²) in [7, 11) is 2.19. The molecule has 0 aliphatic heterocycles. The first-order valence-electron chi connectivity index (χ1n) is 6.88. The first kappa shape index (κ1) is 13.8. The van der Waals surface area contributed by atoms with Gasteiger partial charge in [-0.1, -0.05) is 37.3 Å². The summed E-state index contributed by atoms with van der Waals surface area (Å²) >= 11 is 0. The summed E-state index contributed by atoms with van der Waals surface area (Å²) in [5.41, 5.74) is 1.41. The van der Waals surface area contributed by atoms with Crippen LogP contribution in [0.3, 0.4) is 0 Å². The number of aryl methyl sites for hydroxylation is 1. The van der Waals surface area contributed by atoms with Crippen LogP contribution in [0.1, 0.15) is 24.2 Å². The Hall–Kier alpha value is -1.61. The number of hydrogen-bond acceptors (Lipinski definition) is 2. The molecule has 0 spiro atoms. The number of nitrogens with zero attached hydrogens (tertiary/aromatic N) is 3. The van der Waals surface area contributed by atoms with Gasteiger partial charge < -0.3 is 9.47 Å². The normalized spacial score (nSPS) is 12.8. The summed E-state index contributed by atoms with van der Waals surface area (Å²) in [5, 5.41) is 0. The Morgan fingerprint density at radius 1 is 1.26 bits per heavy atom. The van der Waals surface area contributed by atoms with Gasteiger partial charge in [-0.25, -0.2) is 4.98 Å². The molecule has 0 radical (unpaired) electrons. The number of hydrogen-bond donors (Lipinski definition) is 0. The van der Waals surface area contributed by atoms with Crippen molar-refractivity contribution in [3.05, 3.63) is 54.1 Å². The maximum Gasteiger partial charge on any atom is 0.105 e. The summed E-state index contributed by atoms with van der Waals surface area (Å²) in [6.07, 6.45) is 3.91. The maximum atomic E-state index is 4.25. The zero-order valence-electron chi connectivity index (χ0n) is 12.1. The van der Waals surface area contributed by atoms with Gasteiger partial charge in [0.15, 0.2) is 0 Å². The van der Waals surface area contributed by atoms with Gasteiger partial charge in [-0.05, 0) is 25.5 Å². The zero-order valence-corrected chi connectivity index (χ0v) is 12.1. The van der Waals surface area contributed by atoms with Crippen LogP contribution in [-0.4, -0.2) is 34.6 Å². The molecule has 19 heavy (non-hydrogen) atoms. The molecule has 0 saturated carbocycles. The number of likely N-dealkylation sites (N-methyl/N-ethyl adjacent to an activating group) is 1. The topological polar surface area (TPSA) is 21.1 Å². The summed E-state index contributed by atoms with van der Waals surface area (Å²) in [5.74, 6) is 1.65. The lowest BCUT2D eigenvalue weighted by Crippen LogP contribution is -2.27. The van der Waals surface area contributed by atoms with Gasteiger partial charge in [0.05, 0.1) is 0 Å². The largest absolute Gasteiger partial charge is 0.334 e. The molecule has 3 nitrogen and oxygen atoms in total. The second-order valence-corrected chi connectivity index (χ2v) is 5.24. The number of imidazole rings is 1. The molecule has 0 fully saturated rings. The molecule has 3 heteroatoms. The number of aromatic nitrogens is 2. The predicted molar refractivity (Wildman–Crippen MR) is 79.3 cm³/mol. The van der Waals surface area contributed by atoms with Crippen LogP contribution in [-0.2, 0) is 6.54 Å². The van der Waals surface area contributed by atoms with Crippen LogP contribution in [0.4, 0.5) is 0 Å². The average molecular weight is 257 g/mol. The molecule has 0 saturated heterocycles. The van der Waals surface area contributed by atoms with Crippen LogP contribution < -0.4 is 0 Å². The lowest BCUT2D eigenvalue weighted by atomic mass is 10.0. The fourth-order valence-corrected chi connectivity index (χ4v) is 2.36. The molecule has 2 aromatic rings. The van der Waals surface area contributed by atoms with Gasteiger partial charge in [0, 0.05) is 32.0 Å². The van der Waals surface area contributed by atoms with Crippen molar-refractivity contribution in [2.24, 2.45) is 0 Å². The third-order valence-corrected chi connectivity index (χ3v) is 3.60. The van der Waals surface area contributed by atoms with Crippen LogP contribution in [0.15, 0.2) is 42.7 Å². The van der Waals surface area contributed by atoms with Crippen molar-refractivity contribution in [1.82, 2.24) is 14.5 Å². The third kappa shape index (κ3) is 3.93. The lowest BCUT2D eigenvalue weighted by Gasteiger charge is -2.22. The number of rotatable bonds is 6. The molecule has 0 aliphatic rings. The van der Waals surface area contributed by atoms with E-state index in [9.17, 15) is 0 Å². The minimum atomic E-state index is 0.565. The van der Waals surface area contributed by atoms with E-state index in [2.05, 4.69) is 58.8 Å². The van der Waals surface area contributed by atoms with E-state index in [1.165, 1.54) is 5.56 Å². The predicted octanol–water partition coefficient (Wildman–Crippen LogP) is 2.93. The highest BCUT2D eigenvalue weighted by Crippen LogP contribution is 2.15. The second kappa shape index (κ2) is 6.53. The lowest BCUT2D eigenvalue weighted by molar-refractivity contribution is 0.302. The highest BCUT2D eigenvalue weighted by molar-refractivity contribution is 5.18. The van der Waals surface area contributed by atoms with E-state index in [4.69, 9.17) is 0 Å². The summed E-state index contributed by atoms with van der Waals surface area (Å²) < 4.78 is 2.20. The molecule has 1 heterocycles. The van der Waals surface area contributed by atoms with E-state index in [0.717, 1.165) is 25.5 Å². The molecule has 0 bridgehead atoms. The van der Waals surface area contributed by atoms with E-state index in [1.54, 1.807) is 0 Å². The quantitative estimate of drug-likeness (QED) is 0.793. The van der Waals surface area contributed by atoms with Crippen molar-refractivity contribution in [1.29, 1.82) is 0 Å². The Bertz CT molecular complexity index is 490. The third-order valence-electron chi connectivity index (χ3n) is 3.60. The fourth-order valence-electron chi connectivity index (χ4n) is 2.36. The van der Waals surface area contributed by atoms with Crippen molar-refractivity contribution in [3.8, 4) is 0 Å². The molecule has 1 aromatic carbocycles. The molecule has 0 N–H and O–H groups in total. The minimum absolute atomic E-state index is 0.565. The summed E-state index contributed by atoms with van der Waals surface area (Å²) in [4.78, 5) is 6.63. The Labute approximate surface area is 115 Å². The van der Waals surface area contributed by atoms with Gasteiger partial charge >= 0.3 is 0 Å². The van der Waals surface area contributed by atoms with Crippen molar-refractivity contribution < 1.29 is 0 Å². The highest BCUT2D eigenvalue weighted by Gasteiger charge is 2.08. The Kier molecular flexibility index (Phi) is 4.74. The van der Waals surface area contributed by atoms with Crippen molar-refractivity contribution >= 4 is 0 Å². The molecule has 102 valence electrons. The van der Waals surface area contributed by atoms with E-state index in [-0.39, 0.29) is 0 Å². The van der Waals surface area contributed by atoms with Crippen LogP contribution in [0.2, 0.25) is 0 Å². The van der Waals surface area contributed by atoms with Crippen LogP contribution in [0.25, 0.3) is 0 Å². The molecule has 2 rings (SSSR count). The van der Waals surface area contributed by atoms with E-state index >= 15 is 0 Å². The van der Waals surface area contributed by atoms with Crippen molar-refractivity contribution in [3.63, 3.8) is 0 Å². The van der Waals surface area contributed by atoms with Gasteiger partial charge in [-0.2, -0.15) is 0 Å². The van der Waals surface area contributed by atoms with Crippen molar-refractivity contribution in [2.75, 3.05) is 20.1 Å². The van der Waals surface area contributed by atoms with E-state index in [1.807, 2.05) is 19.3 Å². The van der Waals surface area contributed by atoms with Crippen molar-refractivity contribution in [2.45, 2.75) is 26.3 Å². The molecule has 1 atom stereocenters. The van der Waals surface area contributed by atoms with Gasteiger partial charge in [-0.15, -0.1) is 0 Å². The average Bonchev–Trinajstić information content (AvgIpc) is 2.83. The summed E-state index contributed by atoms with van der Waals surface area (Å²) in [6.45, 7) is 7.47. The SMILES string of the molecule is Cc1nccn1CCN(C)C[C@H](C)c1ccccc1. The number of benzene rings is 1. The first-order chi connectivity index (χ1) is 9.16. The fraction of sp³-hybridized carbons (Fsp3) is 0.438. The molecular formula is C16H23N3. The Morgan fingerprint density at radius 2 is 2.00 bits per heavy atom. The summed E-state index contributed by atoms with van der Waals surface area (Å²) in [6, 6.07) is 10.7. The molecule has 1 aromatic heterocycles. The van der Waals surface area contributed by atoms with Gasteiger partial charge in [-0.3, -0.25) is 0 Å². The zero-order chi connectivity index (χ0) is 13.7. The minimum Gasteiger partial charge on any atom is -0.334 e. The van der Waals surface area contributed by atoms with Crippen LogP contribution >= 0.6 is 0 Å². The smallest absolute Gasteiger partial charge is 0.105 e. The van der Waals surface area contributed by atoms with Crippen LogP contribution in [0.5, 0.6) is 0 Å². The molecule has 0 aliphatic carbocycles. The standard InChI is InChI=1S/C16H23N3/c1-14(16-7-5-4-6-8-16)13-18(3)11-12-19-10-9-17-15(19)2/h4-10,14H,11-13H2,1-3H3/t14-/m0/s1. The molecule has 0 amide bonds. The highest BCUT2D eigenvalue weighted by atomic mass is 15.1. The Morgan fingerprint density at radius 3 is 2.63 bits per heavy atom. The Balaban J connectivity index is 1.81. The monoisotopic (exact) mass is 257 g/mol. The van der Waals surface area contributed by atoms with E-state index < -0.39 is 0 Å². The second-order valence-electron chi connectivity index (χ2n) is 5.24. The first-order valence-corrected chi connectivity index (χ1v) is 6.88. The molecular weight excluding hydrogens is 234 g/mol. The van der Waals surface area contributed by atoms with Gasteiger partial charge in [0.25, 0.3) is 0 Å². The van der Waals surface area contributed by atoms with E-state index in [0.29, 0.717) is 5.92 Å². The maximum absolute atomic E-state index is 4.25. The van der Waals surface area contributed by atoms with Crippen LogP contribution in [0, 0.1) is 6.92 Å².